The number of aromatic nitrogens is 1. The number of anilines is 1. The number of benzene rings is 2. The molecular weight excluding hydrogens is 549 g/mol. The van der Waals surface area contributed by atoms with Crippen LogP contribution >= 0.6 is 36.2 Å². The first-order valence-electron chi connectivity index (χ1n) is 12.3. The average Bonchev–Trinajstić information content (AvgIpc) is 3.23. The number of piperazine rings is 1. The molecule has 5 rings (SSSR count). The number of thiazole rings is 1. The van der Waals surface area contributed by atoms with Crippen LogP contribution < -0.4 is 4.90 Å². The number of fused-ring (bicyclic) bond motifs is 1. The minimum Gasteiger partial charge on any atom is -0.307 e. The molecule has 0 N–H and O–H groups in total. The Bertz CT molecular complexity index is 1280. The van der Waals surface area contributed by atoms with Gasteiger partial charge in [-0.05, 0) is 20.0 Å². The summed E-state index contributed by atoms with van der Waals surface area (Å²) in [4.78, 5) is 24.8. The van der Waals surface area contributed by atoms with Gasteiger partial charge in [-0.1, -0.05) is 54.6 Å². The average molecular weight is 582 g/mol. The predicted octanol–water partition coefficient (Wildman–Crippen LogP) is 6.28. The second kappa shape index (κ2) is 12.7. The SMILES string of the molecule is Cc1nc(-c2ccccc2)sc1C(=O)N1CCC(F)(F)/C(=C\CN2CCN(C)CC2)c2ccccc21.Cl.Cl. The Balaban J connectivity index is 0.00000200. The Kier molecular flexibility index (Phi) is 10.1. The van der Waals surface area contributed by atoms with E-state index in [0.29, 0.717) is 28.4 Å². The molecule has 5 nitrogen and oxygen atoms in total. The van der Waals surface area contributed by atoms with Crippen molar-refractivity contribution >= 4 is 53.3 Å². The van der Waals surface area contributed by atoms with Gasteiger partial charge in [-0.3, -0.25) is 9.69 Å². The normalized spacial score (nSPS) is 18.7. The van der Waals surface area contributed by atoms with Gasteiger partial charge in [0, 0.05) is 62.4 Å². The Hall–Kier alpha value is -2.36. The first-order chi connectivity index (χ1) is 17.3. The van der Waals surface area contributed by atoms with E-state index in [0.717, 1.165) is 36.8 Å². The highest BCUT2D eigenvalue weighted by Crippen LogP contribution is 2.43. The van der Waals surface area contributed by atoms with Crippen molar-refractivity contribution in [1.29, 1.82) is 0 Å². The highest BCUT2D eigenvalue weighted by Gasteiger charge is 2.41. The van der Waals surface area contributed by atoms with Gasteiger partial charge >= 0.3 is 0 Å². The summed E-state index contributed by atoms with van der Waals surface area (Å²) in [6, 6.07) is 16.7. The molecule has 0 saturated carbocycles. The molecule has 1 fully saturated rings. The van der Waals surface area contributed by atoms with Gasteiger partial charge in [0.25, 0.3) is 11.8 Å². The third-order valence-electron chi connectivity index (χ3n) is 6.93. The molecule has 1 amide bonds. The predicted molar refractivity (Wildman–Crippen MR) is 156 cm³/mol. The van der Waals surface area contributed by atoms with E-state index < -0.39 is 12.3 Å². The Morgan fingerprint density at radius 1 is 1.00 bits per heavy atom. The van der Waals surface area contributed by atoms with Gasteiger partial charge in [-0.25, -0.2) is 13.8 Å². The number of carbonyl (C=O) groups excluding carboxylic acids is 1. The van der Waals surface area contributed by atoms with Crippen LogP contribution in [0.5, 0.6) is 0 Å². The topological polar surface area (TPSA) is 39.7 Å². The van der Waals surface area contributed by atoms with Gasteiger partial charge < -0.3 is 9.80 Å². The van der Waals surface area contributed by atoms with Crippen LogP contribution in [0.2, 0.25) is 0 Å². The molecule has 204 valence electrons. The largest absolute Gasteiger partial charge is 0.307 e. The van der Waals surface area contributed by atoms with Crippen molar-refractivity contribution in [1.82, 2.24) is 14.8 Å². The van der Waals surface area contributed by atoms with Crippen LogP contribution in [0.4, 0.5) is 14.5 Å². The zero-order chi connectivity index (χ0) is 25.3. The van der Waals surface area contributed by atoms with E-state index in [9.17, 15) is 4.79 Å². The first kappa shape index (κ1) is 30.2. The van der Waals surface area contributed by atoms with Gasteiger partial charge in [-0.15, -0.1) is 36.2 Å². The third-order valence-corrected chi connectivity index (χ3v) is 8.13. The molecule has 2 aromatic carbocycles. The molecule has 0 bridgehead atoms. The van der Waals surface area contributed by atoms with Crippen LogP contribution in [0.25, 0.3) is 16.1 Å². The lowest BCUT2D eigenvalue weighted by Gasteiger charge is -2.32. The lowest BCUT2D eigenvalue weighted by Crippen LogP contribution is -2.44. The summed E-state index contributed by atoms with van der Waals surface area (Å²) in [5.41, 5.74) is 2.51. The summed E-state index contributed by atoms with van der Waals surface area (Å²) in [5, 5.41) is 0.748. The van der Waals surface area contributed by atoms with Gasteiger partial charge in [0.1, 0.15) is 9.88 Å². The molecular formula is C28H32Cl2F2N4OS. The van der Waals surface area contributed by atoms with Crippen molar-refractivity contribution in [2.24, 2.45) is 0 Å². The lowest BCUT2D eigenvalue weighted by molar-refractivity contribution is 0.0596. The molecule has 10 heteroatoms. The van der Waals surface area contributed by atoms with E-state index in [4.69, 9.17) is 0 Å². The van der Waals surface area contributed by atoms with E-state index in [1.807, 2.05) is 30.3 Å². The maximum Gasteiger partial charge on any atom is 0.275 e. The number of amides is 1. The van der Waals surface area contributed by atoms with E-state index in [2.05, 4.69) is 21.8 Å². The zero-order valence-electron chi connectivity index (χ0n) is 21.4. The molecule has 0 atom stereocenters. The van der Waals surface area contributed by atoms with Crippen LogP contribution in [0, 0.1) is 6.92 Å². The third kappa shape index (κ3) is 6.26. The molecule has 3 aromatic rings. The summed E-state index contributed by atoms with van der Waals surface area (Å²) in [6.07, 6.45) is 1.25. The van der Waals surface area contributed by atoms with Crippen molar-refractivity contribution in [2.45, 2.75) is 19.3 Å². The van der Waals surface area contributed by atoms with Crippen LogP contribution in [0.1, 0.15) is 27.3 Å². The Morgan fingerprint density at radius 2 is 1.66 bits per heavy atom. The van der Waals surface area contributed by atoms with Gasteiger partial charge in [-0.2, -0.15) is 0 Å². The lowest BCUT2D eigenvalue weighted by atomic mass is 9.97. The summed E-state index contributed by atoms with van der Waals surface area (Å²) in [7, 11) is 2.07. The van der Waals surface area contributed by atoms with E-state index in [-0.39, 0.29) is 42.8 Å². The van der Waals surface area contributed by atoms with Crippen molar-refractivity contribution in [2.75, 3.05) is 51.2 Å². The quantitative estimate of drug-likeness (QED) is 0.364. The van der Waals surface area contributed by atoms with Crippen LogP contribution in [-0.4, -0.2) is 72.9 Å². The standard InChI is InChI=1S/C28H30F2N4OS.2ClH/c1-20-25(36-26(31-20)21-8-4-3-5-9-21)27(35)34-15-13-28(29,30)23(22-10-6-7-11-24(22)34)12-14-33-18-16-32(2)17-19-33;;/h3-12H,13-19H2,1-2H3;2*1H/b23-12-;;. The number of halogens is 4. The Morgan fingerprint density at radius 3 is 2.37 bits per heavy atom. The molecule has 2 aliphatic heterocycles. The maximum absolute atomic E-state index is 15.5. The first-order valence-corrected chi connectivity index (χ1v) is 13.1. The van der Waals surface area contributed by atoms with Crippen molar-refractivity contribution in [3.8, 4) is 10.6 Å². The fourth-order valence-electron chi connectivity index (χ4n) is 4.78. The molecule has 38 heavy (non-hydrogen) atoms. The van der Waals surface area contributed by atoms with Gasteiger partial charge in [0.2, 0.25) is 0 Å². The molecule has 1 saturated heterocycles. The molecule has 1 aromatic heterocycles. The molecule has 0 unspecified atom stereocenters. The van der Waals surface area contributed by atoms with E-state index in [1.165, 1.54) is 16.2 Å². The van der Waals surface area contributed by atoms with Gasteiger partial charge in [0.15, 0.2) is 0 Å². The summed E-state index contributed by atoms with van der Waals surface area (Å²) >= 11 is 1.31. The minimum atomic E-state index is -3.03. The number of likely N-dealkylation sites (N-methyl/N-ethyl adjacent to an activating group) is 1. The monoisotopic (exact) mass is 580 g/mol. The second-order valence-corrected chi connectivity index (χ2v) is 10.4. The summed E-state index contributed by atoms with van der Waals surface area (Å²) < 4.78 is 31.1. The number of rotatable bonds is 4. The fourth-order valence-corrected chi connectivity index (χ4v) is 5.80. The van der Waals surface area contributed by atoms with Gasteiger partial charge in [0.05, 0.1) is 11.4 Å². The number of aryl methyl sites for hydroxylation is 1. The maximum atomic E-state index is 15.5. The molecule has 0 radical (unpaired) electrons. The number of hydrogen-bond acceptors (Lipinski definition) is 5. The molecule has 0 aliphatic carbocycles. The molecule has 3 heterocycles. The zero-order valence-corrected chi connectivity index (χ0v) is 23.9. The van der Waals surface area contributed by atoms with Crippen LogP contribution in [0.15, 0.2) is 60.7 Å². The summed E-state index contributed by atoms with van der Waals surface area (Å²) in [6.45, 7) is 5.77. The van der Waals surface area contributed by atoms with Crippen molar-refractivity contribution in [3.63, 3.8) is 0 Å². The molecule has 2 aliphatic rings. The van der Waals surface area contributed by atoms with Crippen LogP contribution in [-0.2, 0) is 0 Å². The second-order valence-electron chi connectivity index (χ2n) is 9.45. The minimum absolute atomic E-state index is 0. The van der Waals surface area contributed by atoms with Crippen LogP contribution in [0.3, 0.4) is 0 Å². The number of alkyl halides is 2. The number of carbonyl (C=O) groups is 1. The number of hydrogen-bond donors (Lipinski definition) is 0. The van der Waals surface area contributed by atoms with Crippen molar-refractivity contribution in [3.05, 3.63) is 76.8 Å². The highest BCUT2D eigenvalue weighted by atomic mass is 35.5. The van der Waals surface area contributed by atoms with E-state index >= 15 is 8.78 Å². The smallest absolute Gasteiger partial charge is 0.275 e. The number of para-hydroxylation sites is 1. The fraction of sp³-hybridized carbons (Fsp3) is 0.357. The molecule has 0 spiro atoms. The Labute approximate surface area is 239 Å². The van der Waals surface area contributed by atoms with Crippen molar-refractivity contribution < 1.29 is 13.6 Å². The number of allylic oxidation sites excluding steroid dienone is 1. The van der Waals surface area contributed by atoms with E-state index in [1.54, 1.807) is 37.3 Å². The highest BCUT2D eigenvalue weighted by molar-refractivity contribution is 7.17. The summed E-state index contributed by atoms with van der Waals surface area (Å²) in [5.74, 6) is -3.31. The number of nitrogens with zero attached hydrogens (tertiary/aromatic N) is 4.